The molecule has 1 aliphatic carbocycles. The molecule has 5 rings (SSSR count). The van der Waals surface area contributed by atoms with E-state index in [1.54, 1.807) is 0 Å². The molecule has 3 heterocycles. The Kier molecular flexibility index (Phi) is 5.38. The third-order valence-electron chi connectivity index (χ3n) is 6.45. The summed E-state index contributed by atoms with van der Waals surface area (Å²) in [7, 11) is 0. The SMILES string of the molecule is CCCN(c1ncc2c(=O)c(C(N)=O)cn(-c3ccc4c(c3)CCC4)c2n1)N1CCCC1. The van der Waals surface area contributed by atoms with Crippen LogP contribution in [0.25, 0.3) is 16.7 Å². The van der Waals surface area contributed by atoms with Gasteiger partial charge < -0.3 is 10.3 Å². The van der Waals surface area contributed by atoms with Crippen LogP contribution in [-0.4, -0.2) is 45.1 Å². The van der Waals surface area contributed by atoms with E-state index in [0.717, 1.165) is 63.8 Å². The molecule has 2 aromatic heterocycles. The van der Waals surface area contributed by atoms with Gasteiger partial charge in [-0.05, 0) is 61.8 Å². The smallest absolute Gasteiger partial charge is 0.254 e. The number of carbonyl (C=O) groups is 1. The van der Waals surface area contributed by atoms with Crippen LogP contribution in [0.2, 0.25) is 0 Å². The first-order chi connectivity index (χ1) is 15.6. The van der Waals surface area contributed by atoms with Crippen LogP contribution >= 0.6 is 0 Å². The molecule has 32 heavy (non-hydrogen) atoms. The topological polar surface area (TPSA) is 97.3 Å². The fourth-order valence-electron chi connectivity index (χ4n) is 4.83. The number of rotatable bonds is 6. The number of primary amides is 1. The van der Waals surface area contributed by atoms with Gasteiger partial charge in [-0.3, -0.25) is 14.6 Å². The third kappa shape index (κ3) is 3.54. The summed E-state index contributed by atoms with van der Waals surface area (Å²) >= 11 is 0. The Morgan fingerprint density at radius 3 is 2.69 bits per heavy atom. The van der Waals surface area contributed by atoms with Crippen LogP contribution in [0.1, 0.15) is 54.1 Å². The summed E-state index contributed by atoms with van der Waals surface area (Å²) in [6.45, 7) is 4.87. The Morgan fingerprint density at radius 2 is 1.94 bits per heavy atom. The van der Waals surface area contributed by atoms with Gasteiger partial charge in [-0.15, -0.1) is 0 Å². The zero-order chi connectivity index (χ0) is 22.2. The first-order valence-corrected chi connectivity index (χ1v) is 11.4. The van der Waals surface area contributed by atoms with Crippen molar-refractivity contribution in [1.82, 2.24) is 19.5 Å². The zero-order valence-electron chi connectivity index (χ0n) is 18.4. The molecule has 0 saturated carbocycles. The van der Waals surface area contributed by atoms with Crippen molar-refractivity contribution in [2.24, 2.45) is 5.73 Å². The third-order valence-corrected chi connectivity index (χ3v) is 6.45. The number of nitrogens with zero attached hydrogens (tertiary/aromatic N) is 5. The number of hydrazine groups is 1. The monoisotopic (exact) mass is 432 g/mol. The highest BCUT2D eigenvalue weighted by Crippen LogP contribution is 2.26. The summed E-state index contributed by atoms with van der Waals surface area (Å²) in [5, 5.41) is 4.69. The highest BCUT2D eigenvalue weighted by Gasteiger charge is 2.24. The van der Waals surface area contributed by atoms with Crippen molar-refractivity contribution in [3.8, 4) is 5.69 Å². The van der Waals surface area contributed by atoms with Gasteiger partial charge in [0.2, 0.25) is 11.4 Å². The van der Waals surface area contributed by atoms with E-state index in [-0.39, 0.29) is 5.56 Å². The van der Waals surface area contributed by atoms with Gasteiger partial charge in [0.05, 0.1) is 5.39 Å². The molecule has 2 N–H and O–H groups in total. The number of aryl methyl sites for hydroxylation is 2. The van der Waals surface area contributed by atoms with Crippen molar-refractivity contribution in [3.63, 3.8) is 0 Å². The summed E-state index contributed by atoms with van der Waals surface area (Å²) in [4.78, 5) is 34.4. The maximum absolute atomic E-state index is 13.0. The number of nitrogens with two attached hydrogens (primary N) is 1. The molecule has 8 heteroatoms. The molecule has 0 bridgehead atoms. The number of hydrogen-bond acceptors (Lipinski definition) is 6. The molecule has 1 saturated heterocycles. The van der Waals surface area contributed by atoms with E-state index in [4.69, 9.17) is 10.7 Å². The molecule has 0 spiro atoms. The lowest BCUT2D eigenvalue weighted by molar-refractivity contribution is 0.0999. The van der Waals surface area contributed by atoms with E-state index < -0.39 is 11.3 Å². The van der Waals surface area contributed by atoms with Crippen molar-refractivity contribution in [2.75, 3.05) is 24.6 Å². The van der Waals surface area contributed by atoms with Gasteiger partial charge in [0.1, 0.15) is 5.56 Å². The van der Waals surface area contributed by atoms with Crippen LogP contribution in [0.15, 0.2) is 35.4 Å². The Morgan fingerprint density at radius 1 is 1.16 bits per heavy atom. The van der Waals surface area contributed by atoms with Gasteiger partial charge >= 0.3 is 0 Å². The van der Waals surface area contributed by atoms with Gasteiger partial charge in [0.25, 0.3) is 5.91 Å². The molecular weight excluding hydrogens is 404 g/mol. The van der Waals surface area contributed by atoms with E-state index in [2.05, 4.69) is 34.1 Å². The minimum Gasteiger partial charge on any atom is -0.365 e. The van der Waals surface area contributed by atoms with E-state index in [1.165, 1.54) is 23.5 Å². The molecule has 3 aromatic rings. The summed E-state index contributed by atoms with van der Waals surface area (Å²) in [6.07, 6.45) is 9.58. The molecule has 2 aliphatic rings. The summed E-state index contributed by atoms with van der Waals surface area (Å²) in [5.74, 6) is -0.178. The minimum atomic E-state index is -0.749. The highest BCUT2D eigenvalue weighted by atomic mass is 16.2. The standard InChI is InChI=1S/C24H28N6O2/c1-2-10-30(28-11-3-4-12-28)24-26-14-19-21(31)20(22(25)32)15-29(23(19)27-24)18-9-8-16-6-5-7-17(16)13-18/h8-9,13-15H,2-7,10-12H2,1H3,(H2,25,32). The predicted molar refractivity (Wildman–Crippen MR) is 124 cm³/mol. The lowest BCUT2D eigenvalue weighted by Crippen LogP contribution is -2.42. The Balaban J connectivity index is 1.71. The Bertz CT molecular complexity index is 1250. The maximum Gasteiger partial charge on any atom is 0.254 e. The normalized spacial score (nSPS) is 15.9. The number of hydrogen-bond donors (Lipinski definition) is 1. The van der Waals surface area contributed by atoms with Crippen molar-refractivity contribution < 1.29 is 4.79 Å². The predicted octanol–water partition coefficient (Wildman–Crippen LogP) is 2.60. The fraction of sp³-hybridized carbons (Fsp3) is 0.417. The maximum atomic E-state index is 13.0. The van der Waals surface area contributed by atoms with Gasteiger partial charge in [0, 0.05) is 37.7 Å². The molecule has 0 radical (unpaired) electrons. The van der Waals surface area contributed by atoms with E-state index in [0.29, 0.717) is 17.0 Å². The van der Waals surface area contributed by atoms with Crippen molar-refractivity contribution in [3.05, 3.63) is 57.5 Å². The van der Waals surface area contributed by atoms with Gasteiger partial charge in [-0.25, -0.2) is 9.99 Å². The molecular formula is C24H28N6O2. The molecule has 0 unspecified atom stereocenters. The largest absolute Gasteiger partial charge is 0.365 e. The van der Waals surface area contributed by atoms with E-state index in [1.807, 2.05) is 10.6 Å². The van der Waals surface area contributed by atoms with Crippen molar-refractivity contribution in [2.45, 2.75) is 45.4 Å². The lowest BCUT2D eigenvalue weighted by atomic mass is 10.1. The van der Waals surface area contributed by atoms with Gasteiger partial charge in [-0.1, -0.05) is 13.0 Å². The second kappa shape index (κ2) is 8.35. The van der Waals surface area contributed by atoms with Crippen molar-refractivity contribution >= 4 is 22.9 Å². The number of benzene rings is 1. The average molecular weight is 433 g/mol. The average Bonchev–Trinajstić information content (AvgIpc) is 3.49. The molecule has 166 valence electrons. The zero-order valence-corrected chi connectivity index (χ0v) is 18.4. The number of pyridine rings is 1. The van der Waals surface area contributed by atoms with Crippen LogP contribution in [0, 0.1) is 0 Å². The van der Waals surface area contributed by atoms with Crippen LogP contribution < -0.4 is 16.2 Å². The molecule has 1 aromatic carbocycles. The fourth-order valence-corrected chi connectivity index (χ4v) is 4.83. The second-order valence-corrected chi connectivity index (χ2v) is 8.60. The van der Waals surface area contributed by atoms with Crippen LogP contribution in [0.4, 0.5) is 5.95 Å². The molecule has 1 amide bonds. The van der Waals surface area contributed by atoms with E-state index in [9.17, 15) is 9.59 Å². The van der Waals surface area contributed by atoms with Crippen molar-refractivity contribution in [1.29, 1.82) is 0 Å². The highest BCUT2D eigenvalue weighted by molar-refractivity contribution is 5.96. The molecule has 1 fully saturated rings. The van der Waals surface area contributed by atoms with Crippen LogP contribution in [0.3, 0.4) is 0 Å². The Hall–Kier alpha value is -3.26. The molecule has 1 aliphatic heterocycles. The minimum absolute atomic E-state index is 0.0562. The summed E-state index contributed by atoms with van der Waals surface area (Å²) in [5.41, 5.74) is 9.06. The number of amides is 1. The first kappa shape index (κ1) is 20.6. The first-order valence-electron chi connectivity index (χ1n) is 11.4. The number of anilines is 1. The summed E-state index contributed by atoms with van der Waals surface area (Å²) < 4.78 is 1.81. The number of fused-ring (bicyclic) bond motifs is 2. The van der Waals surface area contributed by atoms with Gasteiger partial charge in [-0.2, -0.15) is 4.98 Å². The lowest BCUT2D eigenvalue weighted by Gasteiger charge is -2.31. The number of carbonyl (C=O) groups excluding carboxylic acids is 1. The molecule has 0 atom stereocenters. The van der Waals surface area contributed by atoms with Crippen LogP contribution in [-0.2, 0) is 12.8 Å². The van der Waals surface area contributed by atoms with Gasteiger partial charge in [0.15, 0.2) is 5.65 Å². The van der Waals surface area contributed by atoms with Crippen LogP contribution in [0.5, 0.6) is 0 Å². The quantitative estimate of drug-likeness (QED) is 0.643. The van der Waals surface area contributed by atoms with E-state index >= 15 is 0 Å². The molecule has 8 nitrogen and oxygen atoms in total. The number of aromatic nitrogens is 3. The Labute approximate surface area is 186 Å². The summed E-state index contributed by atoms with van der Waals surface area (Å²) in [6, 6.07) is 6.27. The second-order valence-electron chi connectivity index (χ2n) is 8.60.